The first-order chi connectivity index (χ1) is 13.3. The Morgan fingerprint density at radius 1 is 1.33 bits per heavy atom. The monoisotopic (exact) mass is 370 g/mol. The first kappa shape index (κ1) is 18.1. The SMILES string of the molecule is CCOCC1CCCc2[nH]c3cnc(-c4nc(CC)no4)c(COC)c3c21. The van der Waals surface area contributed by atoms with Crippen molar-refractivity contribution in [3.05, 3.63) is 28.8 Å². The molecule has 0 saturated carbocycles. The molecule has 0 amide bonds. The lowest BCUT2D eigenvalue weighted by Crippen LogP contribution is -2.15. The summed E-state index contributed by atoms with van der Waals surface area (Å²) in [6.07, 6.45) is 5.94. The van der Waals surface area contributed by atoms with Crippen LogP contribution in [0.15, 0.2) is 10.7 Å². The Labute approximate surface area is 158 Å². The first-order valence-electron chi connectivity index (χ1n) is 9.68. The van der Waals surface area contributed by atoms with E-state index < -0.39 is 0 Å². The van der Waals surface area contributed by atoms with E-state index >= 15 is 0 Å². The number of nitrogens with zero attached hydrogens (tertiary/aromatic N) is 3. The van der Waals surface area contributed by atoms with Crippen molar-refractivity contribution in [2.45, 2.75) is 52.1 Å². The first-order valence-corrected chi connectivity index (χ1v) is 9.68. The lowest BCUT2D eigenvalue weighted by atomic mass is 9.84. The summed E-state index contributed by atoms with van der Waals surface area (Å²) in [5, 5.41) is 5.21. The maximum Gasteiger partial charge on any atom is 0.276 e. The largest absolute Gasteiger partial charge is 0.381 e. The Balaban J connectivity index is 1.90. The number of aromatic amines is 1. The summed E-state index contributed by atoms with van der Waals surface area (Å²) >= 11 is 0. The van der Waals surface area contributed by atoms with Crippen molar-refractivity contribution in [3.8, 4) is 11.6 Å². The molecule has 0 saturated heterocycles. The quantitative estimate of drug-likeness (QED) is 0.681. The lowest BCUT2D eigenvalue weighted by Gasteiger charge is -2.23. The molecule has 1 N–H and O–H groups in total. The molecule has 3 heterocycles. The molecular weight excluding hydrogens is 344 g/mol. The van der Waals surface area contributed by atoms with Gasteiger partial charge in [0.1, 0.15) is 5.69 Å². The van der Waals surface area contributed by atoms with Gasteiger partial charge in [0, 0.05) is 42.7 Å². The average molecular weight is 370 g/mol. The molecule has 0 aliphatic heterocycles. The fourth-order valence-corrected chi connectivity index (χ4v) is 4.04. The van der Waals surface area contributed by atoms with Crippen LogP contribution in [0.1, 0.15) is 55.3 Å². The van der Waals surface area contributed by atoms with Crippen LogP contribution < -0.4 is 0 Å². The van der Waals surface area contributed by atoms with Gasteiger partial charge in [-0.3, -0.25) is 0 Å². The topological polar surface area (TPSA) is 86.1 Å². The highest BCUT2D eigenvalue weighted by atomic mass is 16.5. The second-order valence-corrected chi connectivity index (χ2v) is 6.94. The highest BCUT2D eigenvalue weighted by Crippen LogP contribution is 2.40. The Hall–Kier alpha value is -2.25. The van der Waals surface area contributed by atoms with Crippen molar-refractivity contribution in [3.63, 3.8) is 0 Å². The number of ether oxygens (including phenoxy) is 2. The summed E-state index contributed by atoms with van der Waals surface area (Å²) in [5.41, 5.74) is 5.38. The van der Waals surface area contributed by atoms with Crippen LogP contribution in [-0.2, 0) is 28.9 Å². The van der Waals surface area contributed by atoms with Crippen LogP contribution in [0.5, 0.6) is 0 Å². The summed E-state index contributed by atoms with van der Waals surface area (Å²) in [5.74, 6) is 1.51. The van der Waals surface area contributed by atoms with Gasteiger partial charge in [0.2, 0.25) is 0 Å². The number of hydrogen-bond acceptors (Lipinski definition) is 6. The highest BCUT2D eigenvalue weighted by Gasteiger charge is 2.28. The summed E-state index contributed by atoms with van der Waals surface area (Å²) in [6, 6.07) is 0. The zero-order valence-electron chi connectivity index (χ0n) is 16.2. The molecule has 4 rings (SSSR count). The molecule has 0 bridgehead atoms. The van der Waals surface area contributed by atoms with Gasteiger partial charge in [-0.1, -0.05) is 12.1 Å². The van der Waals surface area contributed by atoms with Gasteiger partial charge in [0.15, 0.2) is 5.82 Å². The molecule has 3 aromatic rings. The molecule has 27 heavy (non-hydrogen) atoms. The van der Waals surface area contributed by atoms with Gasteiger partial charge in [0.25, 0.3) is 5.89 Å². The smallest absolute Gasteiger partial charge is 0.276 e. The van der Waals surface area contributed by atoms with E-state index in [4.69, 9.17) is 14.0 Å². The predicted molar refractivity (Wildman–Crippen MR) is 102 cm³/mol. The summed E-state index contributed by atoms with van der Waals surface area (Å²) in [7, 11) is 1.70. The predicted octanol–water partition coefficient (Wildman–Crippen LogP) is 3.78. The van der Waals surface area contributed by atoms with Crippen molar-refractivity contribution in [1.29, 1.82) is 0 Å². The van der Waals surface area contributed by atoms with Crippen LogP contribution in [0.2, 0.25) is 0 Å². The zero-order valence-corrected chi connectivity index (χ0v) is 16.2. The van der Waals surface area contributed by atoms with Gasteiger partial charge in [-0.25, -0.2) is 4.98 Å². The van der Waals surface area contributed by atoms with Gasteiger partial charge in [-0.15, -0.1) is 0 Å². The van der Waals surface area contributed by atoms with Crippen molar-refractivity contribution in [2.75, 3.05) is 20.3 Å². The molecule has 7 heteroatoms. The van der Waals surface area contributed by atoms with Crippen molar-refractivity contribution >= 4 is 10.9 Å². The number of hydrogen-bond donors (Lipinski definition) is 1. The minimum Gasteiger partial charge on any atom is -0.381 e. The fraction of sp³-hybridized carbons (Fsp3) is 0.550. The second-order valence-electron chi connectivity index (χ2n) is 6.94. The van der Waals surface area contributed by atoms with Crippen molar-refractivity contribution < 1.29 is 14.0 Å². The molecule has 1 atom stereocenters. The minimum atomic E-state index is 0.377. The van der Waals surface area contributed by atoms with E-state index in [9.17, 15) is 0 Å². The van der Waals surface area contributed by atoms with E-state index in [1.54, 1.807) is 7.11 Å². The number of methoxy groups -OCH3 is 1. The van der Waals surface area contributed by atoms with Gasteiger partial charge in [-0.05, 0) is 31.7 Å². The Bertz CT molecular complexity index is 931. The van der Waals surface area contributed by atoms with E-state index in [-0.39, 0.29) is 0 Å². The minimum absolute atomic E-state index is 0.377. The molecule has 0 aromatic carbocycles. The second kappa shape index (κ2) is 7.78. The average Bonchev–Trinajstić information content (AvgIpc) is 3.31. The number of H-pyrrole nitrogens is 1. The zero-order chi connectivity index (χ0) is 18.8. The van der Waals surface area contributed by atoms with E-state index in [1.807, 2.05) is 20.0 Å². The Morgan fingerprint density at radius 3 is 2.96 bits per heavy atom. The molecule has 1 aliphatic carbocycles. The number of aromatic nitrogens is 4. The third kappa shape index (κ3) is 3.26. The fourth-order valence-electron chi connectivity index (χ4n) is 4.04. The van der Waals surface area contributed by atoms with E-state index in [1.165, 1.54) is 23.1 Å². The molecule has 0 fully saturated rings. The van der Waals surface area contributed by atoms with Crippen LogP contribution in [0.25, 0.3) is 22.5 Å². The molecule has 0 radical (unpaired) electrons. The Morgan fingerprint density at radius 2 is 2.22 bits per heavy atom. The molecule has 7 nitrogen and oxygen atoms in total. The van der Waals surface area contributed by atoms with E-state index in [2.05, 4.69) is 20.1 Å². The summed E-state index contributed by atoms with van der Waals surface area (Å²) in [4.78, 5) is 12.7. The maximum atomic E-state index is 5.78. The molecule has 1 unspecified atom stereocenters. The number of fused-ring (bicyclic) bond motifs is 3. The summed E-state index contributed by atoms with van der Waals surface area (Å²) < 4.78 is 16.8. The lowest BCUT2D eigenvalue weighted by molar-refractivity contribution is 0.127. The number of nitrogens with one attached hydrogen (secondary N) is 1. The van der Waals surface area contributed by atoms with Crippen molar-refractivity contribution in [2.24, 2.45) is 0 Å². The molecule has 144 valence electrons. The van der Waals surface area contributed by atoms with Crippen LogP contribution in [0, 0.1) is 0 Å². The molecule has 0 spiro atoms. The molecule has 1 aliphatic rings. The van der Waals surface area contributed by atoms with Gasteiger partial charge in [0.05, 0.1) is 24.9 Å². The Kier molecular flexibility index (Phi) is 5.22. The standard InChI is InChI=1S/C20H26N4O3/c1-4-16-23-20(27-24-16)19-13(11-25-3)18-15(9-21-19)22-14-8-6-7-12(17(14)18)10-26-5-2/h9,12,22H,4-8,10-11H2,1-3H3. The van der Waals surface area contributed by atoms with E-state index in [0.717, 1.165) is 43.6 Å². The third-order valence-corrected chi connectivity index (χ3v) is 5.25. The van der Waals surface area contributed by atoms with Crippen LogP contribution >= 0.6 is 0 Å². The van der Waals surface area contributed by atoms with Crippen LogP contribution in [0.3, 0.4) is 0 Å². The number of rotatable bonds is 7. The summed E-state index contributed by atoms with van der Waals surface area (Å²) in [6.45, 7) is 5.95. The van der Waals surface area contributed by atoms with E-state index in [0.29, 0.717) is 29.9 Å². The van der Waals surface area contributed by atoms with Crippen LogP contribution in [0.4, 0.5) is 0 Å². The van der Waals surface area contributed by atoms with Gasteiger partial charge >= 0.3 is 0 Å². The normalized spacial score (nSPS) is 16.8. The molecular formula is C20H26N4O3. The van der Waals surface area contributed by atoms with Gasteiger partial charge < -0.3 is 19.0 Å². The van der Waals surface area contributed by atoms with Crippen LogP contribution in [-0.4, -0.2) is 40.4 Å². The van der Waals surface area contributed by atoms with Gasteiger partial charge in [-0.2, -0.15) is 4.98 Å². The molecule has 3 aromatic heterocycles. The number of pyridine rings is 1. The highest BCUT2D eigenvalue weighted by molar-refractivity contribution is 5.91. The van der Waals surface area contributed by atoms with Crippen molar-refractivity contribution in [1.82, 2.24) is 20.1 Å². The third-order valence-electron chi connectivity index (χ3n) is 5.25. The maximum absolute atomic E-state index is 5.78. The number of aryl methyl sites for hydroxylation is 2.